The lowest BCUT2D eigenvalue weighted by atomic mass is 9.96. The highest BCUT2D eigenvalue weighted by Crippen LogP contribution is 2.43. The van der Waals surface area contributed by atoms with Crippen LogP contribution in [0, 0.1) is 13.8 Å². The Hall–Kier alpha value is -4.12. The summed E-state index contributed by atoms with van der Waals surface area (Å²) in [6, 6.07) is 21.4. The average Bonchev–Trinajstić information content (AvgIpc) is 3.39. The van der Waals surface area contributed by atoms with Gasteiger partial charge in [-0.2, -0.15) is 0 Å². The Morgan fingerprint density at radius 1 is 0.906 bits per heavy atom. The maximum Gasteiger partial charge on any atom is 0.300 e. The lowest BCUT2D eigenvalue weighted by Crippen LogP contribution is -2.29. The van der Waals surface area contributed by atoms with Crippen LogP contribution in [-0.4, -0.2) is 16.8 Å². The van der Waals surface area contributed by atoms with Crippen molar-refractivity contribution in [2.24, 2.45) is 0 Å². The van der Waals surface area contributed by atoms with Crippen LogP contribution in [0.1, 0.15) is 28.5 Å². The highest BCUT2D eigenvalue weighted by molar-refractivity contribution is 6.51. The number of anilines is 1. The first-order valence-electron chi connectivity index (χ1n) is 10.4. The van der Waals surface area contributed by atoms with Gasteiger partial charge in [0.25, 0.3) is 11.7 Å². The SMILES string of the molecule is Cc1cc(C)cc(N2C(=O)C(=O)/C(=C(\O)c3cccc4ccccc34)C2c2ccco2)c1. The van der Waals surface area contributed by atoms with Crippen LogP contribution in [0.3, 0.4) is 0 Å². The summed E-state index contributed by atoms with van der Waals surface area (Å²) in [5.41, 5.74) is 3.03. The minimum Gasteiger partial charge on any atom is -0.507 e. The quantitative estimate of drug-likeness (QED) is 0.262. The number of ketones is 1. The summed E-state index contributed by atoms with van der Waals surface area (Å²) >= 11 is 0. The first kappa shape index (κ1) is 19.8. The molecule has 0 aliphatic carbocycles. The minimum atomic E-state index is -0.870. The fraction of sp³-hybridized carbons (Fsp3) is 0.111. The van der Waals surface area contributed by atoms with Gasteiger partial charge in [0, 0.05) is 11.3 Å². The summed E-state index contributed by atoms with van der Waals surface area (Å²) in [6.45, 7) is 3.87. The van der Waals surface area contributed by atoms with Gasteiger partial charge in [0.1, 0.15) is 17.6 Å². The maximum absolute atomic E-state index is 13.3. The first-order valence-corrected chi connectivity index (χ1v) is 10.4. The molecule has 32 heavy (non-hydrogen) atoms. The number of aryl methyl sites for hydroxylation is 2. The summed E-state index contributed by atoms with van der Waals surface area (Å²) in [5.74, 6) is -1.24. The van der Waals surface area contributed by atoms with Gasteiger partial charge in [-0.05, 0) is 60.0 Å². The van der Waals surface area contributed by atoms with Crippen LogP contribution in [0.25, 0.3) is 16.5 Å². The Morgan fingerprint density at radius 3 is 2.34 bits per heavy atom. The lowest BCUT2D eigenvalue weighted by molar-refractivity contribution is -0.132. The van der Waals surface area contributed by atoms with Crippen LogP contribution >= 0.6 is 0 Å². The van der Waals surface area contributed by atoms with Crippen molar-refractivity contribution in [2.45, 2.75) is 19.9 Å². The van der Waals surface area contributed by atoms with E-state index in [0.717, 1.165) is 21.9 Å². The van der Waals surface area contributed by atoms with Crippen molar-refractivity contribution in [3.63, 3.8) is 0 Å². The van der Waals surface area contributed by atoms with Gasteiger partial charge in [0.15, 0.2) is 0 Å². The summed E-state index contributed by atoms with van der Waals surface area (Å²) in [7, 11) is 0. The maximum atomic E-state index is 13.3. The molecule has 1 aliphatic heterocycles. The number of rotatable bonds is 3. The van der Waals surface area contributed by atoms with Crippen molar-refractivity contribution in [1.29, 1.82) is 0 Å². The number of hydrogen-bond acceptors (Lipinski definition) is 4. The van der Waals surface area contributed by atoms with E-state index in [2.05, 4.69) is 0 Å². The van der Waals surface area contributed by atoms with Crippen LogP contribution in [0.5, 0.6) is 0 Å². The summed E-state index contributed by atoms with van der Waals surface area (Å²) < 4.78 is 5.64. The van der Waals surface area contributed by atoms with Gasteiger partial charge in [-0.25, -0.2) is 0 Å². The second-order valence-corrected chi connectivity index (χ2v) is 8.06. The standard InChI is InChI=1S/C27H21NO4/c1-16-13-17(2)15-19(14-16)28-24(22-11-6-12-32-22)23(26(30)27(28)31)25(29)21-10-5-8-18-7-3-4-9-20(18)21/h3-15,24,29H,1-2H3/b25-23-. The molecular weight excluding hydrogens is 402 g/mol. The third-order valence-corrected chi connectivity index (χ3v) is 5.79. The molecule has 1 fully saturated rings. The fourth-order valence-corrected chi connectivity index (χ4v) is 4.48. The normalized spacial score (nSPS) is 17.9. The Kier molecular flexibility index (Phi) is 4.67. The van der Waals surface area contributed by atoms with Crippen LogP contribution in [0.2, 0.25) is 0 Å². The van der Waals surface area contributed by atoms with Crippen molar-refractivity contribution >= 4 is 33.9 Å². The number of benzene rings is 3. The molecule has 0 saturated carbocycles. The number of carbonyl (C=O) groups excluding carboxylic acids is 2. The molecule has 0 spiro atoms. The highest BCUT2D eigenvalue weighted by Gasteiger charge is 2.48. The Balaban J connectivity index is 1.77. The number of aliphatic hydroxyl groups excluding tert-OH is 1. The summed E-state index contributed by atoms with van der Waals surface area (Å²) in [6.07, 6.45) is 1.49. The van der Waals surface area contributed by atoms with E-state index in [0.29, 0.717) is 17.0 Å². The van der Waals surface area contributed by atoms with E-state index < -0.39 is 17.7 Å². The van der Waals surface area contributed by atoms with Gasteiger partial charge < -0.3 is 9.52 Å². The van der Waals surface area contributed by atoms with Crippen LogP contribution in [0.15, 0.2) is 89.0 Å². The number of aliphatic hydroxyl groups is 1. The van der Waals surface area contributed by atoms with E-state index in [1.807, 2.05) is 68.4 Å². The number of fused-ring (bicyclic) bond motifs is 1. The topological polar surface area (TPSA) is 70.8 Å². The second-order valence-electron chi connectivity index (χ2n) is 8.06. The third-order valence-electron chi connectivity index (χ3n) is 5.79. The zero-order valence-electron chi connectivity index (χ0n) is 17.7. The van der Waals surface area contributed by atoms with Gasteiger partial charge in [-0.15, -0.1) is 0 Å². The van der Waals surface area contributed by atoms with E-state index >= 15 is 0 Å². The van der Waals surface area contributed by atoms with Crippen molar-refractivity contribution < 1.29 is 19.1 Å². The van der Waals surface area contributed by atoms with Gasteiger partial charge in [0.2, 0.25) is 0 Å². The van der Waals surface area contributed by atoms with E-state index in [9.17, 15) is 14.7 Å². The molecule has 1 aromatic heterocycles. The van der Waals surface area contributed by atoms with Crippen LogP contribution in [-0.2, 0) is 9.59 Å². The van der Waals surface area contributed by atoms with Crippen LogP contribution < -0.4 is 4.90 Å². The molecule has 1 saturated heterocycles. The minimum absolute atomic E-state index is 0.0143. The molecule has 2 heterocycles. The molecule has 1 amide bonds. The van der Waals surface area contributed by atoms with Crippen molar-refractivity contribution in [1.82, 2.24) is 0 Å². The molecule has 1 aliphatic rings. The van der Waals surface area contributed by atoms with Crippen molar-refractivity contribution in [3.05, 3.63) is 107 Å². The fourth-order valence-electron chi connectivity index (χ4n) is 4.48. The molecule has 3 aromatic carbocycles. The molecule has 1 atom stereocenters. The molecule has 0 radical (unpaired) electrons. The van der Waals surface area contributed by atoms with Gasteiger partial charge >= 0.3 is 0 Å². The molecule has 4 aromatic rings. The summed E-state index contributed by atoms with van der Waals surface area (Å²) in [5, 5.41) is 13.1. The number of hydrogen-bond donors (Lipinski definition) is 1. The van der Waals surface area contributed by atoms with Crippen LogP contribution in [0.4, 0.5) is 5.69 Å². The van der Waals surface area contributed by atoms with E-state index in [1.165, 1.54) is 11.2 Å². The molecule has 0 bridgehead atoms. The van der Waals surface area contributed by atoms with Gasteiger partial charge in [-0.1, -0.05) is 48.5 Å². The second kappa shape index (κ2) is 7.54. The number of nitrogens with zero attached hydrogens (tertiary/aromatic N) is 1. The molecule has 5 heteroatoms. The van der Waals surface area contributed by atoms with Crippen molar-refractivity contribution in [3.8, 4) is 0 Å². The number of Topliss-reactive ketones (excluding diaryl/α,β-unsaturated/α-hetero) is 1. The lowest BCUT2D eigenvalue weighted by Gasteiger charge is -2.24. The predicted octanol–water partition coefficient (Wildman–Crippen LogP) is 5.68. The third kappa shape index (κ3) is 3.10. The first-order chi connectivity index (χ1) is 15.5. The molecular formula is C27H21NO4. The number of furan rings is 1. The Morgan fingerprint density at radius 2 is 1.62 bits per heavy atom. The molecule has 5 rings (SSSR count). The zero-order chi connectivity index (χ0) is 22.4. The van der Waals surface area contributed by atoms with Gasteiger partial charge in [0.05, 0.1) is 11.8 Å². The monoisotopic (exact) mass is 423 g/mol. The van der Waals surface area contributed by atoms with Gasteiger partial charge in [-0.3, -0.25) is 14.5 Å². The largest absolute Gasteiger partial charge is 0.507 e. The number of amides is 1. The Labute approximate surface area is 185 Å². The molecule has 1 unspecified atom stereocenters. The number of carbonyl (C=O) groups is 2. The Bertz CT molecular complexity index is 1370. The van der Waals surface area contributed by atoms with E-state index in [-0.39, 0.29) is 11.3 Å². The average molecular weight is 423 g/mol. The summed E-state index contributed by atoms with van der Waals surface area (Å²) in [4.78, 5) is 27.9. The predicted molar refractivity (Wildman–Crippen MR) is 123 cm³/mol. The molecule has 158 valence electrons. The highest BCUT2D eigenvalue weighted by atomic mass is 16.3. The molecule has 5 nitrogen and oxygen atoms in total. The zero-order valence-corrected chi connectivity index (χ0v) is 17.7. The smallest absolute Gasteiger partial charge is 0.300 e. The van der Waals surface area contributed by atoms with Crippen molar-refractivity contribution in [2.75, 3.05) is 4.90 Å². The van der Waals surface area contributed by atoms with E-state index in [1.54, 1.807) is 18.2 Å². The van der Waals surface area contributed by atoms with E-state index in [4.69, 9.17) is 4.42 Å². The molecule has 1 N–H and O–H groups in total.